The number of carbonyl (C=O) groups excluding carboxylic acids is 1. The molecule has 1 unspecified atom stereocenters. The smallest absolute Gasteiger partial charge is 0.237 e. The highest BCUT2D eigenvalue weighted by Crippen LogP contribution is 2.31. The van der Waals surface area contributed by atoms with E-state index >= 15 is 0 Å². The van der Waals surface area contributed by atoms with E-state index in [9.17, 15) is 10.1 Å². The molecule has 3 rings (SSSR count). The van der Waals surface area contributed by atoms with E-state index in [-0.39, 0.29) is 11.2 Å². The van der Waals surface area contributed by atoms with Crippen molar-refractivity contribution in [3.8, 4) is 11.8 Å². The van der Waals surface area contributed by atoms with E-state index in [0.29, 0.717) is 22.0 Å². The van der Waals surface area contributed by atoms with Crippen LogP contribution in [-0.4, -0.2) is 23.3 Å². The van der Waals surface area contributed by atoms with Crippen molar-refractivity contribution in [3.63, 3.8) is 0 Å². The van der Waals surface area contributed by atoms with E-state index in [4.69, 9.17) is 4.74 Å². The van der Waals surface area contributed by atoms with E-state index in [1.807, 2.05) is 25.1 Å². The Morgan fingerprint density at radius 2 is 2.12 bits per heavy atom. The molecule has 0 fully saturated rings. The van der Waals surface area contributed by atoms with Crippen molar-refractivity contribution in [2.75, 3.05) is 12.4 Å². The zero-order chi connectivity index (χ0) is 18.5. The van der Waals surface area contributed by atoms with Crippen molar-refractivity contribution < 1.29 is 9.53 Å². The minimum Gasteiger partial charge on any atom is -0.495 e. The normalized spacial score (nSPS) is 14.0. The molecular weight excluding hydrogens is 346 g/mol. The molecule has 0 bridgehead atoms. The third-order valence-electron chi connectivity index (χ3n) is 4.41. The number of ether oxygens (including phenoxy) is 1. The Morgan fingerprint density at radius 1 is 1.35 bits per heavy atom. The van der Waals surface area contributed by atoms with E-state index in [1.54, 1.807) is 19.2 Å². The number of hydrogen-bond donors (Lipinski definition) is 1. The SMILES string of the molecule is COc1ccccc1NC(=O)C(C)Sc1nc2c(cc1C#N)CCCC2. The number of benzene rings is 1. The standard InChI is InChI=1S/C20H21N3O2S/c1-13(19(24)22-17-9-5-6-10-18(17)25-2)26-20-15(12-21)11-14-7-3-4-8-16(14)23-20/h5-6,9-11,13H,3-4,7-8H2,1-2H3,(H,22,24). The van der Waals surface area contributed by atoms with Gasteiger partial charge in [0.15, 0.2) is 0 Å². The maximum Gasteiger partial charge on any atom is 0.237 e. The summed E-state index contributed by atoms with van der Waals surface area (Å²) in [5.74, 6) is 0.464. The Morgan fingerprint density at radius 3 is 2.88 bits per heavy atom. The summed E-state index contributed by atoms with van der Waals surface area (Å²) in [6.45, 7) is 1.82. The lowest BCUT2D eigenvalue weighted by Gasteiger charge is -2.18. The highest BCUT2D eigenvalue weighted by molar-refractivity contribution is 8.00. The summed E-state index contributed by atoms with van der Waals surface area (Å²) < 4.78 is 5.27. The Labute approximate surface area is 157 Å². The van der Waals surface area contributed by atoms with E-state index in [0.717, 1.165) is 31.4 Å². The van der Waals surface area contributed by atoms with Crippen LogP contribution in [0.1, 0.15) is 36.6 Å². The third kappa shape index (κ3) is 4.00. The van der Waals surface area contributed by atoms with Gasteiger partial charge in [0.1, 0.15) is 16.8 Å². The summed E-state index contributed by atoms with van der Waals surface area (Å²) in [5.41, 5.74) is 3.41. The van der Waals surface area contributed by atoms with Gasteiger partial charge in [0.25, 0.3) is 0 Å². The lowest BCUT2D eigenvalue weighted by molar-refractivity contribution is -0.115. The van der Waals surface area contributed by atoms with Gasteiger partial charge in [0.05, 0.1) is 23.6 Å². The zero-order valence-electron chi connectivity index (χ0n) is 14.9. The molecule has 0 radical (unpaired) electrons. The lowest BCUT2D eigenvalue weighted by atomic mass is 9.95. The summed E-state index contributed by atoms with van der Waals surface area (Å²) in [6.07, 6.45) is 4.19. The van der Waals surface area contributed by atoms with Gasteiger partial charge in [0.2, 0.25) is 5.91 Å². The first-order valence-corrected chi connectivity index (χ1v) is 9.53. The van der Waals surface area contributed by atoms with Crippen LogP contribution >= 0.6 is 11.8 Å². The van der Waals surface area contributed by atoms with Gasteiger partial charge in [-0.05, 0) is 56.4 Å². The first-order chi connectivity index (χ1) is 12.6. The van der Waals surface area contributed by atoms with Gasteiger partial charge in [-0.2, -0.15) is 5.26 Å². The van der Waals surface area contributed by atoms with Crippen molar-refractivity contribution >= 4 is 23.4 Å². The maximum atomic E-state index is 12.6. The molecule has 0 spiro atoms. The monoisotopic (exact) mass is 367 g/mol. The van der Waals surface area contributed by atoms with Crippen LogP contribution in [0, 0.1) is 11.3 Å². The molecule has 5 nitrogen and oxygen atoms in total. The average Bonchev–Trinajstić information content (AvgIpc) is 2.67. The Hall–Kier alpha value is -2.52. The fourth-order valence-electron chi connectivity index (χ4n) is 2.99. The number of aromatic nitrogens is 1. The van der Waals surface area contributed by atoms with Crippen LogP contribution in [-0.2, 0) is 17.6 Å². The number of methoxy groups -OCH3 is 1. The second-order valence-corrected chi connectivity index (χ2v) is 7.54. The molecule has 0 saturated heterocycles. The molecule has 1 aliphatic carbocycles. The first-order valence-electron chi connectivity index (χ1n) is 8.65. The van der Waals surface area contributed by atoms with Crippen molar-refractivity contribution in [1.82, 2.24) is 4.98 Å². The molecule has 1 atom stereocenters. The van der Waals surface area contributed by atoms with Gasteiger partial charge in [-0.25, -0.2) is 4.98 Å². The van der Waals surface area contributed by atoms with E-state index in [2.05, 4.69) is 16.4 Å². The van der Waals surface area contributed by atoms with Crippen LogP contribution in [0.25, 0.3) is 0 Å². The van der Waals surface area contributed by atoms with Gasteiger partial charge in [-0.15, -0.1) is 0 Å². The highest BCUT2D eigenvalue weighted by atomic mass is 32.2. The van der Waals surface area contributed by atoms with Crippen molar-refractivity contribution in [2.24, 2.45) is 0 Å². The molecule has 1 aliphatic rings. The summed E-state index contributed by atoms with van der Waals surface area (Å²) in [7, 11) is 1.57. The third-order valence-corrected chi connectivity index (χ3v) is 5.51. The molecule has 134 valence electrons. The second-order valence-electron chi connectivity index (χ2n) is 6.22. The number of nitrogens with zero attached hydrogens (tertiary/aromatic N) is 2. The highest BCUT2D eigenvalue weighted by Gasteiger charge is 2.21. The molecule has 1 aromatic carbocycles. The quantitative estimate of drug-likeness (QED) is 0.810. The average molecular weight is 367 g/mol. The molecule has 1 amide bonds. The summed E-state index contributed by atoms with van der Waals surface area (Å²) in [6, 6.07) is 11.4. The van der Waals surface area contributed by atoms with Gasteiger partial charge in [-0.1, -0.05) is 23.9 Å². The number of amides is 1. The van der Waals surface area contributed by atoms with Crippen LogP contribution < -0.4 is 10.1 Å². The lowest BCUT2D eigenvalue weighted by Crippen LogP contribution is -2.23. The van der Waals surface area contributed by atoms with E-state index in [1.165, 1.54) is 17.3 Å². The molecule has 1 aromatic heterocycles. The molecule has 1 heterocycles. The Kier molecular flexibility index (Phi) is 5.79. The molecule has 6 heteroatoms. The Balaban J connectivity index is 1.76. The van der Waals surface area contributed by atoms with Crippen molar-refractivity contribution in [3.05, 3.63) is 47.2 Å². The van der Waals surface area contributed by atoms with Gasteiger partial charge in [-0.3, -0.25) is 4.79 Å². The fourth-order valence-corrected chi connectivity index (χ4v) is 3.88. The number of fused-ring (bicyclic) bond motifs is 1. The number of rotatable bonds is 5. The topological polar surface area (TPSA) is 75.0 Å². The summed E-state index contributed by atoms with van der Waals surface area (Å²) in [4.78, 5) is 17.3. The largest absolute Gasteiger partial charge is 0.495 e. The molecular formula is C20H21N3O2S. The number of aryl methyl sites for hydroxylation is 2. The number of thioether (sulfide) groups is 1. The zero-order valence-corrected chi connectivity index (χ0v) is 15.7. The summed E-state index contributed by atoms with van der Waals surface area (Å²) >= 11 is 1.32. The molecule has 2 aromatic rings. The Bertz CT molecular complexity index is 861. The maximum absolute atomic E-state index is 12.6. The molecule has 0 aliphatic heterocycles. The van der Waals surface area contributed by atoms with Crippen LogP contribution in [0.4, 0.5) is 5.69 Å². The van der Waals surface area contributed by atoms with Crippen LogP contribution in [0.5, 0.6) is 5.75 Å². The number of para-hydroxylation sites is 2. The molecule has 0 saturated carbocycles. The predicted octanol–water partition coefficient (Wildman–Crippen LogP) is 3.96. The number of pyridine rings is 1. The van der Waals surface area contributed by atoms with Crippen LogP contribution in [0.15, 0.2) is 35.4 Å². The number of nitrogens with one attached hydrogen (secondary N) is 1. The van der Waals surface area contributed by atoms with Gasteiger partial charge in [0, 0.05) is 5.69 Å². The number of anilines is 1. The minimum atomic E-state index is -0.388. The summed E-state index contributed by atoms with van der Waals surface area (Å²) in [5, 5.41) is 12.6. The number of nitriles is 1. The predicted molar refractivity (Wildman–Crippen MR) is 103 cm³/mol. The second kappa shape index (κ2) is 8.24. The number of carbonyl (C=O) groups is 1. The van der Waals surface area contributed by atoms with Gasteiger partial charge >= 0.3 is 0 Å². The molecule has 26 heavy (non-hydrogen) atoms. The molecule has 1 N–H and O–H groups in total. The van der Waals surface area contributed by atoms with E-state index < -0.39 is 0 Å². The fraction of sp³-hybridized carbons (Fsp3) is 0.350. The van der Waals surface area contributed by atoms with Crippen LogP contribution in [0.2, 0.25) is 0 Å². The van der Waals surface area contributed by atoms with Crippen molar-refractivity contribution in [2.45, 2.75) is 42.9 Å². The first kappa shape index (κ1) is 18.3. The van der Waals surface area contributed by atoms with Crippen LogP contribution in [0.3, 0.4) is 0 Å². The van der Waals surface area contributed by atoms with Crippen molar-refractivity contribution in [1.29, 1.82) is 5.26 Å². The minimum absolute atomic E-state index is 0.150. The van der Waals surface area contributed by atoms with Gasteiger partial charge < -0.3 is 10.1 Å². The number of hydrogen-bond acceptors (Lipinski definition) is 5.